The average molecular weight is 196 g/mol. The van der Waals surface area contributed by atoms with Crippen LogP contribution in [0.5, 0.6) is 0 Å². The summed E-state index contributed by atoms with van der Waals surface area (Å²) < 4.78 is 1.47. The van der Waals surface area contributed by atoms with Crippen LogP contribution in [0.25, 0.3) is 0 Å². The molecule has 0 aliphatic heterocycles. The van der Waals surface area contributed by atoms with Gasteiger partial charge in [-0.1, -0.05) is 0 Å². The van der Waals surface area contributed by atoms with Crippen LogP contribution in [-0.4, -0.2) is 21.2 Å². The molecule has 0 aromatic carbocycles. The van der Waals surface area contributed by atoms with Gasteiger partial charge < -0.3 is 11.1 Å². The molecule has 0 bridgehead atoms. The first-order valence-electron chi connectivity index (χ1n) is 4.41. The van der Waals surface area contributed by atoms with Crippen molar-refractivity contribution in [3.05, 3.63) is 11.8 Å². The summed E-state index contributed by atoms with van der Waals surface area (Å²) in [7, 11) is 1.69. The third-order valence-electron chi connectivity index (χ3n) is 1.62. The van der Waals surface area contributed by atoms with Crippen LogP contribution in [0.4, 0.5) is 5.82 Å². The van der Waals surface area contributed by atoms with E-state index >= 15 is 0 Å². The number of carbonyl (C=O) groups excluding carboxylic acids is 1. The van der Waals surface area contributed by atoms with E-state index in [0.717, 1.165) is 0 Å². The number of hydrogen-bond donors (Lipinski definition) is 2. The molecule has 0 saturated heterocycles. The minimum atomic E-state index is -0.254. The molecule has 78 valence electrons. The highest BCUT2D eigenvalue weighted by molar-refractivity contribution is 5.93. The molecule has 1 amide bonds. The van der Waals surface area contributed by atoms with Crippen molar-refractivity contribution in [1.29, 1.82) is 0 Å². The summed E-state index contributed by atoms with van der Waals surface area (Å²) >= 11 is 0. The average Bonchev–Trinajstić information content (AvgIpc) is 2.26. The maximum Gasteiger partial charge on any atom is 0.270 e. The van der Waals surface area contributed by atoms with Gasteiger partial charge in [-0.15, -0.1) is 0 Å². The Morgan fingerprint density at radius 2 is 2.14 bits per heavy atom. The molecule has 14 heavy (non-hydrogen) atoms. The van der Waals surface area contributed by atoms with E-state index in [1.54, 1.807) is 13.1 Å². The third-order valence-corrected chi connectivity index (χ3v) is 1.62. The second-order valence-electron chi connectivity index (χ2n) is 4.28. The van der Waals surface area contributed by atoms with Crippen molar-refractivity contribution in [3.8, 4) is 0 Å². The SMILES string of the molecule is Cn1nc(N)cc1C(=O)NC(C)(C)C. The number of nitrogens with one attached hydrogen (secondary N) is 1. The molecule has 1 rings (SSSR count). The fraction of sp³-hybridized carbons (Fsp3) is 0.556. The Balaban J connectivity index is 2.85. The van der Waals surface area contributed by atoms with E-state index < -0.39 is 0 Å². The number of carbonyl (C=O) groups is 1. The Hall–Kier alpha value is -1.52. The van der Waals surface area contributed by atoms with E-state index in [1.165, 1.54) is 4.68 Å². The lowest BCUT2D eigenvalue weighted by molar-refractivity contribution is 0.0910. The zero-order chi connectivity index (χ0) is 10.9. The predicted octanol–water partition coefficient (Wildman–Crippen LogP) is 0.531. The number of nitrogens with two attached hydrogens (primary N) is 1. The van der Waals surface area contributed by atoms with Crippen molar-refractivity contribution in [2.75, 3.05) is 5.73 Å². The van der Waals surface area contributed by atoms with E-state index in [9.17, 15) is 4.79 Å². The molecule has 5 nitrogen and oxygen atoms in total. The first-order chi connectivity index (χ1) is 6.29. The molecule has 1 aromatic rings. The lowest BCUT2D eigenvalue weighted by Crippen LogP contribution is -2.41. The molecule has 0 aliphatic carbocycles. The van der Waals surface area contributed by atoms with Crippen LogP contribution in [0, 0.1) is 0 Å². The van der Waals surface area contributed by atoms with Crippen LogP contribution in [0.2, 0.25) is 0 Å². The van der Waals surface area contributed by atoms with Crippen molar-refractivity contribution in [2.24, 2.45) is 7.05 Å². The van der Waals surface area contributed by atoms with Crippen molar-refractivity contribution >= 4 is 11.7 Å². The summed E-state index contributed by atoms with van der Waals surface area (Å²) in [5, 5.41) is 6.73. The van der Waals surface area contributed by atoms with Crippen LogP contribution in [0.1, 0.15) is 31.3 Å². The molecule has 0 radical (unpaired) electrons. The molecular formula is C9H16N4O. The Morgan fingerprint density at radius 1 is 1.57 bits per heavy atom. The monoisotopic (exact) mass is 196 g/mol. The third kappa shape index (κ3) is 2.48. The molecule has 0 aliphatic rings. The van der Waals surface area contributed by atoms with Gasteiger partial charge in [-0.3, -0.25) is 9.48 Å². The molecule has 0 unspecified atom stereocenters. The van der Waals surface area contributed by atoms with Gasteiger partial charge in [0.2, 0.25) is 0 Å². The highest BCUT2D eigenvalue weighted by Gasteiger charge is 2.18. The quantitative estimate of drug-likeness (QED) is 0.688. The molecule has 1 heterocycles. The molecule has 0 fully saturated rings. The highest BCUT2D eigenvalue weighted by Crippen LogP contribution is 2.07. The summed E-state index contributed by atoms with van der Waals surface area (Å²) in [4.78, 5) is 11.7. The Morgan fingerprint density at radius 3 is 2.50 bits per heavy atom. The molecule has 0 atom stereocenters. The van der Waals surface area contributed by atoms with Gasteiger partial charge in [0.25, 0.3) is 5.91 Å². The first-order valence-corrected chi connectivity index (χ1v) is 4.41. The fourth-order valence-electron chi connectivity index (χ4n) is 1.11. The number of nitrogen functional groups attached to an aromatic ring is 1. The molecule has 1 aromatic heterocycles. The topological polar surface area (TPSA) is 72.9 Å². The number of amides is 1. The number of nitrogens with zero attached hydrogens (tertiary/aromatic N) is 2. The number of aromatic nitrogens is 2. The molecular weight excluding hydrogens is 180 g/mol. The van der Waals surface area contributed by atoms with E-state index in [0.29, 0.717) is 11.5 Å². The fourth-order valence-corrected chi connectivity index (χ4v) is 1.11. The van der Waals surface area contributed by atoms with E-state index in [4.69, 9.17) is 5.73 Å². The second kappa shape index (κ2) is 3.32. The van der Waals surface area contributed by atoms with Crippen molar-refractivity contribution in [1.82, 2.24) is 15.1 Å². The number of aryl methyl sites for hydroxylation is 1. The molecule has 0 spiro atoms. The largest absolute Gasteiger partial charge is 0.382 e. The highest BCUT2D eigenvalue weighted by atomic mass is 16.2. The maximum absolute atomic E-state index is 11.7. The maximum atomic E-state index is 11.7. The lowest BCUT2D eigenvalue weighted by atomic mass is 10.1. The second-order valence-corrected chi connectivity index (χ2v) is 4.28. The number of rotatable bonds is 1. The normalized spacial score (nSPS) is 11.4. The summed E-state index contributed by atoms with van der Waals surface area (Å²) in [6.45, 7) is 5.76. The summed E-state index contributed by atoms with van der Waals surface area (Å²) in [5.74, 6) is 0.191. The first kappa shape index (κ1) is 10.6. The zero-order valence-electron chi connectivity index (χ0n) is 8.96. The predicted molar refractivity (Wildman–Crippen MR) is 54.8 cm³/mol. The number of anilines is 1. The minimum Gasteiger partial charge on any atom is -0.382 e. The van der Waals surface area contributed by atoms with Crippen LogP contribution >= 0.6 is 0 Å². The van der Waals surface area contributed by atoms with Gasteiger partial charge in [0.1, 0.15) is 11.5 Å². The van der Waals surface area contributed by atoms with Crippen molar-refractivity contribution in [2.45, 2.75) is 26.3 Å². The van der Waals surface area contributed by atoms with Gasteiger partial charge in [-0.05, 0) is 20.8 Å². The standard InChI is InChI=1S/C9H16N4O/c1-9(2,3)11-8(14)6-5-7(10)12-13(6)4/h5H,1-4H3,(H2,10,12)(H,11,14). The van der Waals surface area contributed by atoms with E-state index in [1.807, 2.05) is 20.8 Å². The van der Waals surface area contributed by atoms with Crippen molar-refractivity contribution < 1.29 is 4.79 Å². The van der Waals surface area contributed by atoms with Gasteiger partial charge in [0, 0.05) is 18.7 Å². The molecule has 3 N–H and O–H groups in total. The minimum absolute atomic E-state index is 0.163. The van der Waals surface area contributed by atoms with Crippen molar-refractivity contribution in [3.63, 3.8) is 0 Å². The van der Waals surface area contributed by atoms with Gasteiger partial charge in [0.05, 0.1) is 0 Å². The van der Waals surface area contributed by atoms with Gasteiger partial charge in [-0.2, -0.15) is 5.10 Å². The van der Waals surface area contributed by atoms with E-state index in [-0.39, 0.29) is 11.4 Å². The van der Waals surface area contributed by atoms with Crippen LogP contribution in [0.15, 0.2) is 6.07 Å². The number of hydrogen-bond acceptors (Lipinski definition) is 3. The van der Waals surface area contributed by atoms with Gasteiger partial charge in [-0.25, -0.2) is 0 Å². The van der Waals surface area contributed by atoms with Gasteiger partial charge in [0.15, 0.2) is 0 Å². The summed E-state index contributed by atoms with van der Waals surface area (Å²) in [6.07, 6.45) is 0. The van der Waals surface area contributed by atoms with Gasteiger partial charge >= 0.3 is 0 Å². The Bertz CT molecular complexity index is 348. The zero-order valence-corrected chi connectivity index (χ0v) is 8.96. The van der Waals surface area contributed by atoms with Crippen LogP contribution in [0.3, 0.4) is 0 Å². The summed E-state index contributed by atoms with van der Waals surface area (Å²) in [5.41, 5.74) is 5.69. The van der Waals surface area contributed by atoms with Crippen LogP contribution < -0.4 is 11.1 Å². The summed E-state index contributed by atoms with van der Waals surface area (Å²) in [6, 6.07) is 1.56. The lowest BCUT2D eigenvalue weighted by Gasteiger charge is -2.20. The van der Waals surface area contributed by atoms with E-state index in [2.05, 4.69) is 10.4 Å². The smallest absolute Gasteiger partial charge is 0.270 e. The Kier molecular flexibility index (Phi) is 2.51. The molecule has 0 saturated carbocycles. The Labute approximate surface area is 83.3 Å². The molecule has 5 heteroatoms. The van der Waals surface area contributed by atoms with Crippen LogP contribution in [-0.2, 0) is 7.05 Å².